The van der Waals surface area contributed by atoms with Crippen molar-refractivity contribution in [3.8, 4) is 5.75 Å². The number of carbonyl (C=O) groups excluding carboxylic acids is 2. The summed E-state index contributed by atoms with van der Waals surface area (Å²) in [4.78, 5) is 37.4. The Bertz CT molecular complexity index is 1180. The monoisotopic (exact) mass is 429 g/mol. The number of rotatable bonds is 7. The molecule has 0 aliphatic rings. The van der Waals surface area contributed by atoms with Crippen LogP contribution in [0.3, 0.4) is 0 Å². The number of esters is 1. The minimum absolute atomic E-state index is 0.0176. The van der Waals surface area contributed by atoms with Gasteiger partial charge in [-0.3, -0.25) is 14.9 Å². The van der Waals surface area contributed by atoms with Crippen LogP contribution in [0.5, 0.6) is 5.75 Å². The molecule has 1 heterocycles. The van der Waals surface area contributed by atoms with E-state index in [1.165, 1.54) is 31.2 Å². The zero-order chi connectivity index (χ0) is 22.9. The highest BCUT2D eigenvalue weighted by Gasteiger charge is 2.04. The molecule has 32 heavy (non-hydrogen) atoms. The van der Waals surface area contributed by atoms with Crippen molar-refractivity contribution in [2.75, 3.05) is 5.32 Å². The van der Waals surface area contributed by atoms with Gasteiger partial charge in [0.15, 0.2) is 0 Å². The molecule has 0 unspecified atom stereocenters. The molecule has 8 nitrogen and oxygen atoms in total. The van der Waals surface area contributed by atoms with Gasteiger partial charge < -0.3 is 10.1 Å². The van der Waals surface area contributed by atoms with Crippen LogP contribution in [0, 0.1) is 10.1 Å². The van der Waals surface area contributed by atoms with Gasteiger partial charge in [-0.05, 0) is 59.2 Å². The van der Waals surface area contributed by atoms with Crippen molar-refractivity contribution in [3.63, 3.8) is 0 Å². The van der Waals surface area contributed by atoms with Gasteiger partial charge in [0.05, 0.1) is 4.92 Å². The highest BCUT2D eigenvalue weighted by atomic mass is 16.6. The number of carbonyl (C=O) groups is 2. The maximum absolute atomic E-state index is 12.0. The lowest BCUT2D eigenvalue weighted by molar-refractivity contribution is -0.384. The number of nitrogens with one attached hydrogen (secondary N) is 1. The molecule has 1 aromatic heterocycles. The second-order valence-corrected chi connectivity index (χ2v) is 6.66. The molecule has 1 amide bonds. The largest absolute Gasteiger partial charge is 0.423 e. The normalized spacial score (nSPS) is 10.9. The number of aromatic nitrogens is 1. The predicted octanol–water partition coefficient (Wildman–Crippen LogP) is 4.74. The predicted molar refractivity (Wildman–Crippen MR) is 122 cm³/mol. The van der Waals surface area contributed by atoms with Crippen LogP contribution in [0.1, 0.15) is 23.6 Å². The quantitative estimate of drug-likeness (QED) is 0.191. The van der Waals surface area contributed by atoms with E-state index in [2.05, 4.69) is 10.3 Å². The van der Waals surface area contributed by atoms with Crippen molar-refractivity contribution in [3.05, 3.63) is 99.7 Å². The van der Waals surface area contributed by atoms with Crippen molar-refractivity contribution >= 4 is 41.6 Å². The van der Waals surface area contributed by atoms with Crippen LogP contribution in [-0.2, 0) is 9.59 Å². The third-order valence-corrected chi connectivity index (χ3v) is 4.17. The summed E-state index contributed by atoms with van der Waals surface area (Å²) in [7, 11) is 0. The molecule has 8 heteroatoms. The third-order valence-electron chi connectivity index (χ3n) is 4.17. The minimum Gasteiger partial charge on any atom is -0.423 e. The first-order valence-electron chi connectivity index (χ1n) is 9.55. The average Bonchev–Trinajstić information content (AvgIpc) is 2.77. The van der Waals surface area contributed by atoms with E-state index in [1.807, 2.05) is 18.2 Å². The van der Waals surface area contributed by atoms with Crippen molar-refractivity contribution in [1.29, 1.82) is 0 Å². The lowest BCUT2D eigenvalue weighted by Crippen LogP contribution is -2.07. The lowest BCUT2D eigenvalue weighted by atomic mass is 10.1. The molecule has 0 radical (unpaired) electrons. The smallest absolute Gasteiger partial charge is 0.336 e. The van der Waals surface area contributed by atoms with Gasteiger partial charge in [0.25, 0.3) is 5.69 Å². The first-order chi connectivity index (χ1) is 15.4. The summed E-state index contributed by atoms with van der Waals surface area (Å²) in [6, 6.07) is 16.3. The van der Waals surface area contributed by atoms with Crippen LogP contribution in [0.15, 0.2) is 72.9 Å². The van der Waals surface area contributed by atoms with Gasteiger partial charge in [-0.2, -0.15) is 0 Å². The number of amides is 1. The van der Waals surface area contributed by atoms with Crippen LogP contribution in [-0.4, -0.2) is 21.8 Å². The minimum atomic E-state index is -0.561. The zero-order valence-electron chi connectivity index (χ0n) is 17.1. The van der Waals surface area contributed by atoms with Crippen molar-refractivity contribution in [2.45, 2.75) is 6.92 Å². The van der Waals surface area contributed by atoms with Crippen LogP contribution >= 0.6 is 0 Å². The van der Waals surface area contributed by atoms with E-state index >= 15 is 0 Å². The van der Waals surface area contributed by atoms with Crippen LogP contribution < -0.4 is 10.1 Å². The van der Waals surface area contributed by atoms with Crippen molar-refractivity contribution in [2.24, 2.45) is 0 Å². The molecule has 0 spiro atoms. The van der Waals surface area contributed by atoms with Crippen molar-refractivity contribution in [1.82, 2.24) is 4.98 Å². The van der Waals surface area contributed by atoms with E-state index in [0.29, 0.717) is 17.1 Å². The molecular formula is C24H19N3O5. The molecular weight excluding hydrogens is 410 g/mol. The molecule has 0 fully saturated rings. The van der Waals surface area contributed by atoms with E-state index in [4.69, 9.17) is 4.74 Å². The number of ether oxygens (including phenoxy) is 1. The third kappa shape index (κ3) is 6.74. The maximum Gasteiger partial charge on any atom is 0.336 e. The summed E-state index contributed by atoms with van der Waals surface area (Å²) >= 11 is 0. The molecule has 3 aromatic rings. The first kappa shape index (κ1) is 22.1. The van der Waals surface area contributed by atoms with Gasteiger partial charge >= 0.3 is 5.97 Å². The second-order valence-electron chi connectivity index (χ2n) is 6.66. The molecule has 160 valence electrons. The molecule has 0 atom stereocenters. The van der Waals surface area contributed by atoms with E-state index in [1.54, 1.807) is 48.7 Å². The molecule has 3 rings (SSSR count). The Morgan fingerprint density at radius 3 is 2.22 bits per heavy atom. The fourth-order valence-corrected chi connectivity index (χ4v) is 2.66. The number of non-ortho nitro benzene ring substituents is 1. The van der Waals surface area contributed by atoms with Gasteiger partial charge in [-0.25, -0.2) is 9.78 Å². The lowest BCUT2D eigenvalue weighted by Gasteiger charge is -2.03. The first-order valence-corrected chi connectivity index (χ1v) is 9.55. The van der Waals surface area contributed by atoms with Gasteiger partial charge in [-0.1, -0.05) is 24.3 Å². The number of hydrogen-bond acceptors (Lipinski definition) is 6. The molecule has 0 aliphatic carbocycles. The maximum atomic E-state index is 12.0. The Labute approximate surface area is 184 Å². The summed E-state index contributed by atoms with van der Waals surface area (Å²) in [6.45, 7) is 1.42. The topological polar surface area (TPSA) is 111 Å². The fraction of sp³-hybridized carbons (Fsp3) is 0.0417. The van der Waals surface area contributed by atoms with Crippen LogP contribution in [0.2, 0.25) is 0 Å². The summed E-state index contributed by atoms with van der Waals surface area (Å²) < 4.78 is 5.26. The highest BCUT2D eigenvalue weighted by Crippen LogP contribution is 2.17. The number of nitro groups is 1. The summed E-state index contributed by atoms with van der Waals surface area (Å²) in [5.41, 5.74) is 2.39. The Kier molecular flexibility index (Phi) is 7.21. The summed E-state index contributed by atoms with van der Waals surface area (Å²) in [5.74, 6) is 0.112. The Hall–Kier alpha value is -4.59. The molecule has 0 aliphatic heterocycles. The van der Waals surface area contributed by atoms with Gasteiger partial charge in [0.1, 0.15) is 11.6 Å². The molecule has 0 saturated heterocycles. The van der Waals surface area contributed by atoms with Gasteiger partial charge in [0.2, 0.25) is 5.91 Å². The Morgan fingerprint density at radius 1 is 0.938 bits per heavy atom. The SMILES string of the molecule is CC(=O)Nc1cc(/C=C/c2ccc(OC(=O)/C=C/c3ccc([N+](=O)[O-])cc3)cc2)ccn1. The van der Waals surface area contributed by atoms with Gasteiger partial charge in [-0.15, -0.1) is 0 Å². The van der Waals surface area contributed by atoms with E-state index in [-0.39, 0.29) is 11.6 Å². The molecule has 2 aromatic carbocycles. The van der Waals surface area contributed by atoms with Crippen LogP contribution in [0.25, 0.3) is 18.2 Å². The molecule has 0 saturated carbocycles. The number of benzene rings is 2. The van der Waals surface area contributed by atoms with E-state index in [0.717, 1.165) is 11.1 Å². The zero-order valence-corrected chi connectivity index (χ0v) is 17.1. The fourth-order valence-electron chi connectivity index (χ4n) is 2.66. The van der Waals surface area contributed by atoms with Gasteiger partial charge in [0, 0.05) is 31.3 Å². The van der Waals surface area contributed by atoms with E-state index < -0.39 is 10.9 Å². The number of nitro benzene ring substituents is 1. The average molecular weight is 429 g/mol. The molecule has 0 bridgehead atoms. The number of pyridine rings is 1. The number of anilines is 1. The summed E-state index contributed by atoms with van der Waals surface area (Å²) in [6.07, 6.45) is 8.14. The Balaban J connectivity index is 1.57. The Morgan fingerprint density at radius 2 is 1.56 bits per heavy atom. The van der Waals surface area contributed by atoms with Crippen LogP contribution in [0.4, 0.5) is 11.5 Å². The number of nitrogens with zero attached hydrogens (tertiary/aromatic N) is 2. The van der Waals surface area contributed by atoms with E-state index in [9.17, 15) is 19.7 Å². The molecule has 1 N–H and O–H groups in total. The van der Waals surface area contributed by atoms with Crippen molar-refractivity contribution < 1.29 is 19.2 Å². The highest BCUT2D eigenvalue weighted by molar-refractivity contribution is 5.89. The summed E-state index contributed by atoms with van der Waals surface area (Å²) in [5, 5.41) is 13.3. The second kappa shape index (κ2) is 10.4. The standard InChI is InChI=1S/C24H19N3O5/c1-17(28)26-23-16-20(14-15-25-23)3-2-18-6-11-22(12-7-18)32-24(29)13-8-19-4-9-21(10-5-19)27(30)31/h2-16H,1H3,(H,25,26,28)/b3-2+,13-8+. The number of hydrogen-bond donors (Lipinski definition) is 1.